The van der Waals surface area contributed by atoms with Crippen LogP contribution < -0.4 is 15.0 Å². The predicted molar refractivity (Wildman–Crippen MR) is 129 cm³/mol. The van der Waals surface area contributed by atoms with Crippen LogP contribution in [0.2, 0.25) is 0 Å². The number of carbonyl (C=O) groups is 2. The first-order valence-electron chi connectivity index (χ1n) is 11.8. The van der Waals surface area contributed by atoms with Gasteiger partial charge in [0.1, 0.15) is 11.6 Å². The summed E-state index contributed by atoms with van der Waals surface area (Å²) in [6.45, 7) is 5.56. The van der Waals surface area contributed by atoms with Gasteiger partial charge in [-0.3, -0.25) is 4.79 Å². The van der Waals surface area contributed by atoms with E-state index < -0.39 is 0 Å². The van der Waals surface area contributed by atoms with Gasteiger partial charge in [0.25, 0.3) is 0 Å². The second-order valence-electron chi connectivity index (χ2n) is 8.46. The molecule has 2 fully saturated rings. The Hall–Kier alpha value is -3.33. The van der Waals surface area contributed by atoms with Gasteiger partial charge in [-0.2, -0.15) is 0 Å². The molecule has 3 amide bonds. The fourth-order valence-corrected chi connectivity index (χ4v) is 4.27. The molecule has 0 atom stereocenters. The number of aryl methyl sites for hydroxylation is 1. The zero-order valence-corrected chi connectivity index (χ0v) is 19.7. The molecular weight excluding hydrogens is 434 g/mol. The maximum Gasteiger partial charge on any atom is 0.317 e. The van der Waals surface area contributed by atoms with Crippen molar-refractivity contribution >= 4 is 17.8 Å². The van der Waals surface area contributed by atoms with Crippen molar-refractivity contribution in [2.24, 2.45) is 0 Å². The van der Waals surface area contributed by atoms with Crippen molar-refractivity contribution in [3.8, 4) is 5.75 Å². The van der Waals surface area contributed by atoms with E-state index in [9.17, 15) is 9.59 Å². The standard InChI is InChI=1S/C25H33N5O4/c1-33-22-7-4-20(5-8-22)6-9-23(31)28-11-13-30(14-12-28)25(32)27-19-21-3-2-10-26-24(21)29-15-17-34-18-16-29/h2-5,7-8,10H,6,9,11-19H2,1H3,(H,27,32). The second kappa shape index (κ2) is 11.7. The fraction of sp³-hybridized carbons (Fsp3) is 0.480. The molecule has 4 rings (SSSR count). The first-order chi connectivity index (χ1) is 16.6. The number of urea groups is 1. The van der Waals surface area contributed by atoms with E-state index in [2.05, 4.69) is 15.2 Å². The largest absolute Gasteiger partial charge is 0.497 e. The molecule has 2 saturated heterocycles. The van der Waals surface area contributed by atoms with Gasteiger partial charge in [-0.05, 0) is 30.2 Å². The van der Waals surface area contributed by atoms with E-state index >= 15 is 0 Å². The van der Waals surface area contributed by atoms with Crippen molar-refractivity contribution < 1.29 is 19.1 Å². The maximum atomic E-state index is 12.7. The van der Waals surface area contributed by atoms with Crippen LogP contribution in [0, 0.1) is 0 Å². The van der Waals surface area contributed by atoms with Gasteiger partial charge in [-0.1, -0.05) is 18.2 Å². The van der Waals surface area contributed by atoms with Gasteiger partial charge >= 0.3 is 6.03 Å². The molecule has 0 unspecified atom stereocenters. The number of ether oxygens (including phenoxy) is 2. The van der Waals surface area contributed by atoms with Crippen LogP contribution in [0.15, 0.2) is 42.6 Å². The Morgan fingerprint density at radius 2 is 1.71 bits per heavy atom. The molecule has 0 bridgehead atoms. The Morgan fingerprint density at radius 1 is 1.00 bits per heavy atom. The Bertz CT molecular complexity index is 954. The monoisotopic (exact) mass is 467 g/mol. The highest BCUT2D eigenvalue weighted by atomic mass is 16.5. The normalized spacial score (nSPS) is 16.3. The number of aromatic nitrogens is 1. The highest BCUT2D eigenvalue weighted by molar-refractivity contribution is 5.78. The zero-order chi connectivity index (χ0) is 23.8. The van der Waals surface area contributed by atoms with Gasteiger partial charge in [-0.25, -0.2) is 9.78 Å². The molecule has 2 aromatic rings. The van der Waals surface area contributed by atoms with E-state index in [0.717, 1.165) is 35.8 Å². The second-order valence-corrected chi connectivity index (χ2v) is 8.46. The molecule has 1 aromatic heterocycles. The summed E-state index contributed by atoms with van der Waals surface area (Å²) >= 11 is 0. The summed E-state index contributed by atoms with van der Waals surface area (Å²) in [6, 6.07) is 11.6. The summed E-state index contributed by atoms with van der Waals surface area (Å²) in [5, 5.41) is 3.02. The van der Waals surface area contributed by atoms with E-state index in [-0.39, 0.29) is 11.9 Å². The average Bonchev–Trinajstić information content (AvgIpc) is 2.91. The highest BCUT2D eigenvalue weighted by Crippen LogP contribution is 2.18. The van der Waals surface area contributed by atoms with Gasteiger partial charge in [0.05, 0.1) is 20.3 Å². The number of carbonyl (C=O) groups excluding carboxylic acids is 2. The summed E-state index contributed by atoms with van der Waals surface area (Å²) in [6.07, 6.45) is 2.94. The fourth-order valence-electron chi connectivity index (χ4n) is 4.27. The van der Waals surface area contributed by atoms with Gasteiger partial charge < -0.3 is 29.5 Å². The van der Waals surface area contributed by atoms with E-state index in [4.69, 9.17) is 9.47 Å². The number of anilines is 1. The minimum absolute atomic E-state index is 0.109. The van der Waals surface area contributed by atoms with Crippen molar-refractivity contribution in [1.29, 1.82) is 0 Å². The predicted octanol–water partition coefficient (Wildman–Crippen LogP) is 1.91. The number of nitrogens with zero attached hydrogens (tertiary/aromatic N) is 4. The van der Waals surface area contributed by atoms with Crippen LogP contribution in [-0.2, 0) is 22.5 Å². The quantitative estimate of drug-likeness (QED) is 0.670. The highest BCUT2D eigenvalue weighted by Gasteiger charge is 2.24. The van der Waals surface area contributed by atoms with Crippen molar-refractivity contribution in [2.75, 3.05) is 64.5 Å². The van der Waals surface area contributed by atoms with Crippen LogP contribution in [0.1, 0.15) is 17.5 Å². The first-order valence-corrected chi connectivity index (χ1v) is 11.8. The Morgan fingerprint density at radius 3 is 2.41 bits per heavy atom. The molecule has 0 saturated carbocycles. The third-order valence-corrected chi connectivity index (χ3v) is 6.31. The van der Waals surface area contributed by atoms with Crippen molar-refractivity contribution in [1.82, 2.24) is 20.1 Å². The molecule has 0 spiro atoms. The summed E-state index contributed by atoms with van der Waals surface area (Å²) in [5.41, 5.74) is 2.10. The van der Waals surface area contributed by atoms with Gasteiger partial charge in [0.2, 0.25) is 5.91 Å². The van der Waals surface area contributed by atoms with Gasteiger partial charge in [0.15, 0.2) is 0 Å². The molecule has 0 radical (unpaired) electrons. The van der Waals surface area contributed by atoms with Crippen LogP contribution >= 0.6 is 0 Å². The molecule has 1 N–H and O–H groups in total. The molecule has 0 aliphatic carbocycles. The number of hydrogen-bond donors (Lipinski definition) is 1. The number of methoxy groups -OCH3 is 1. The molecule has 3 heterocycles. The Balaban J connectivity index is 1.21. The van der Waals surface area contributed by atoms with Crippen molar-refractivity contribution in [3.63, 3.8) is 0 Å². The van der Waals surface area contributed by atoms with Crippen molar-refractivity contribution in [2.45, 2.75) is 19.4 Å². The summed E-state index contributed by atoms with van der Waals surface area (Å²) in [7, 11) is 1.64. The molecule has 9 heteroatoms. The first kappa shape index (κ1) is 23.8. The molecule has 182 valence electrons. The minimum Gasteiger partial charge on any atom is -0.497 e. The summed E-state index contributed by atoms with van der Waals surface area (Å²) in [4.78, 5) is 35.7. The third kappa shape index (κ3) is 6.17. The van der Waals surface area contributed by atoms with E-state index in [1.54, 1.807) is 18.2 Å². The van der Waals surface area contributed by atoms with E-state index in [1.807, 2.05) is 41.3 Å². The smallest absolute Gasteiger partial charge is 0.317 e. The number of nitrogens with one attached hydrogen (secondary N) is 1. The third-order valence-electron chi connectivity index (χ3n) is 6.31. The Labute approximate surface area is 200 Å². The molecular formula is C25H33N5O4. The maximum absolute atomic E-state index is 12.7. The zero-order valence-electron chi connectivity index (χ0n) is 19.7. The van der Waals surface area contributed by atoms with Crippen molar-refractivity contribution in [3.05, 3.63) is 53.7 Å². The lowest BCUT2D eigenvalue weighted by Crippen LogP contribution is -2.53. The Kier molecular flexibility index (Phi) is 8.19. The van der Waals surface area contributed by atoms with Crippen LogP contribution in [0.4, 0.5) is 10.6 Å². The molecule has 9 nitrogen and oxygen atoms in total. The number of amides is 3. The van der Waals surface area contributed by atoms with Gasteiger partial charge in [-0.15, -0.1) is 0 Å². The number of morpholine rings is 1. The molecule has 2 aliphatic heterocycles. The van der Waals surface area contributed by atoms with Crippen LogP contribution in [0.3, 0.4) is 0 Å². The summed E-state index contributed by atoms with van der Waals surface area (Å²) in [5.74, 6) is 1.84. The number of benzene rings is 1. The topological polar surface area (TPSA) is 87.2 Å². The lowest BCUT2D eigenvalue weighted by molar-refractivity contribution is -0.132. The lowest BCUT2D eigenvalue weighted by Gasteiger charge is -2.35. The molecule has 2 aliphatic rings. The molecule has 34 heavy (non-hydrogen) atoms. The number of rotatable bonds is 7. The minimum atomic E-state index is -0.109. The van der Waals surface area contributed by atoms with Gasteiger partial charge in [0, 0.05) is 64.0 Å². The van der Waals surface area contributed by atoms with Crippen LogP contribution in [0.5, 0.6) is 5.75 Å². The van der Waals surface area contributed by atoms with E-state index in [1.165, 1.54) is 0 Å². The SMILES string of the molecule is COc1ccc(CCC(=O)N2CCN(C(=O)NCc3cccnc3N3CCOCC3)CC2)cc1. The van der Waals surface area contributed by atoms with Crippen LogP contribution in [-0.4, -0.2) is 86.3 Å². The number of hydrogen-bond acceptors (Lipinski definition) is 6. The summed E-state index contributed by atoms with van der Waals surface area (Å²) < 4.78 is 10.6. The molecule has 1 aromatic carbocycles. The number of piperazine rings is 1. The van der Waals surface area contributed by atoms with Crippen LogP contribution in [0.25, 0.3) is 0 Å². The number of pyridine rings is 1. The lowest BCUT2D eigenvalue weighted by atomic mass is 10.1. The average molecular weight is 468 g/mol. The van der Waals surface area contributed by atoms with E-state index in [0.29, 0.717) is 58.8 Å².